The Morgan fingerprint density at radius 1 is 0.970 bits per heavy atom. The van der Waals surface area contributed by atoms with Crippen molar-refractivity contribution in [2.75, 3.05) is 6.61 Å². The number of ether oxygens (including phenoxy) is 4. The lowest BCUT2D eigenvalue weighted by molar-refractivity contribution is -0.256. The second-order valence-corrected chi connectivity index (χ2v) is 11.9. The molecule has 2 bridgehead atoms. The molecular formula is C24H36O9. The van der Waals surface area contributed by atoms with Gasteiger partial charge in [-0.25, -0.2) is 0 Å². The average molecular weight is 469 g/mol. The number of hydrogen-bond donors (Lipinski definition) is 3. The Bertz CT molecular complexity index is 883. The summed E-state index contributed by atoms with van der Waals surface area (Å²) in [6.45, 7) is 10.5. The highest BCUT2D eigenvalue weighted by atomic mass is 16.7. The van der Waals surface area contributed by atoms with E-state index in [0.29, 0.717) is 12.8 Å². The van der Waals surface area contributed by atoms with Crippen LogP contribution in [-0.4, -0.2) is 81.2 Å². The maximum atomic E-state index is 12.4. The van der Waals surface area contributed by atoms with E-state index in [1.54, 1.807) is 0 Å². The summed E-state index contributed by atoms with van der Waals surface area (Å²) in [5, 5.41) is 34.2. The number of aliphatic hydroxyl groups is 3. The minimum Gasteiger partial charge on any atom is -0.458 e. The molecule has 0 aromatic carbocycles. The van der Waals surface area contributed by atoms with E-state index in [1.807, 2.05) is 27.7 Å². The molecule has 0 amide bonds. The van der Waals surface area contributed by atoms with Gasteiger partial charge in [0.05, 0.1) is 24.9 Å². The highest BCUT2D eigenvalue weighted by Gasteiger charge is 2.87. The summed E-state index contributed by atoms with van der Waals surface area (Å²) < 4.78 is 24.2. The zero-order valence-corrected chi connectivity index (χ0v) is 20.2. The largest absolute Gasteiger partial charge is 0.458 e. The first kappa shape index (κ1) is 23.5. The van der Waals surface area contributed by atoms with Crippen LogP contribution in [0.4, 0.5) is 0 Å². The molecule has 5 fully saturated rings. The van der Waals surface area contributed by atoms with E-state index in [1.165, 1.54) is 13.8 Å². The fourth-order valence-electron chi connectivity index (χ4n) is 8.50. The van der Waals surface area contributed by atoms with E-state index in [-0.39, 0.29) is 13.0 Å². The van der Waals surface area contributed by atoms with Crippen molar-refractivity contribution in [2.45, 2.75) is 108 Å². The van der Waals surface area contributed by atoms with Gasteiger partial charge in [-0.15, -0.1) is 0 Å². The van der Waals surface area contributed by atoms with Gasteiger partial charge in [0.25, 0.3) is 0 Å². The summed E-state index contributed by atoms with van der Waals surface area (Å²) in [4.78, 5) is 24.8. The van der Waals surface area contributed by atoms with Crippen molar-refractivity contribution < 1.29 is 43.9 Å². The Balaban J connectivity index is 1.77. The summed E-state index contributed by atoms with van der Waals surface area (Å²) in [6.07, 6.45) is -3.61. The molecule has 33 heavy (non-hydrogen) atoms. The number of carbonyl (C=O) groups excluding carboxylic acids is 2. The van der Waals surface area contributed by atoms with Crippen LogP contribution in [0.15, 0.2) is 0 Å². The molecule has 3 saturated carbocycles. The summed E-state index contributed by atoms with van der Waals surface area (Å²) in [6, 6.07) is 0. The monoisotopic (exact) mass is 468 g/mol. The molecule has 2 saturated heterocycles. The first-order valence-electron chi connectivity index (χ1n) is 11.9. The van der Waals surface area contributed by atoms with Gasteiger partial charge in [-0.05, 0) is 19.8 Å². The average Bonchev–Trinajstić information content (AvgIpc) is 3.56. The third-order valence-electron chi connectivity index (χ3n) is 9.79. The van der Waals surface area contributed by atoms with Crippen molar-refractivity contribution in [1.82, 2.24) is 0 Å². The minimum atomic E-state index is -1.07. The van der Waals surface area contributed by atoms with Crippen LogP contribution in [0.1, 0.15) is 60.8 Å². The highest BCUT2D eigenvalue weighted by Crippen LogP contribution is 2.74. The highest BCUT2D eigenvalue weighted by molar-refractivity contribution is 5.68. The lowest BCUT2D eigenvalue weighted by Gasteiger charge is -2.61. The second-order valence-electron chi connectivity index (χ2n) is 11.9. The molecule has 0 aromatic heterocycles. The molecule has 9 heteroatoms. The fraction of sp³-hybridized carbons (Fsp3) is 0.917. The molecule has 5 aliphatic rings. The van der Waals surface area contributed by atoms with Crippen LogP contribution in [0.2, 0.25) is 0 Å². The summed E-state index contributed by atoms with van der Waals surface area (Å²) in [5.41, 5.74) is -4.67. The zero-order valence-electron chi connectivity index (χ0n) is 20.2. The fourth-order valence-corrected chi connectivity index (χ4v) is 8.50. The first-order valence-corrected chi connectivity index (χ1v) is 11.9. The van der Waals surface area contributed by atoms with E-state index in [2.05, 4.69) is 0 Å². The van der Waals surface area contributed by atoms with E-state index in [4.69, 9.17) is 18.9 Å². The van der Waals surface area contributed by atoms with Gasteiger partial charge >= 0.3 is 11.9 Å². The quantitative estimate of drug-likeness (QED) is 0.395. The van der Waals surface area contributed by atoms with E-state index in [0.717, 1.165) is 0 Å². The molecule has 3 aliphatic carbocycles. The van der Waals surface area contributed by atoms with Crippen molar-refractivity contribution in [1.29, 1.82) is 0 Å². The molecule has 2 aliphatic heterocycles. The Hall–Kier alpha value is -1.26. The van der Waals surface area contributed by atoms with Gasteiger partial charge in [-0.1, -0.05) is 20.8 Å². The lowest BCUT2D eigenvalue weighted by atomic mass is 9.45. The topological polar surface area (TPSA) is 138 Å². The Morgan fingerprint density at radius 2 is 1.55 bits per heavy atom. The van der Waals surface area contributed by atoms with Gasteiger partial charge < -0.3 is 34.3 Å². The number of rotatable bonds is 2. The third-order valence-corrected chi connectivity index (χ3v) is 9.79. The number of fused-ring (bicyclic) bond motifs is 3. The van der Waals surface area contributed by atoms with Gasteiger partial charge in [0.2, 0.25) is 0 Å². The lowest BCUT2D eigenvalue weighted by Crippen LogP contribution is -2.74. The number of aliphatic hydroxyl groups excluding tert-OH is 3. The number of epoxide rings is 2. The number of hydrogen-bond acceptors (Lipinski definition) is 9. The van der Waals surface area contributed by atoms with Crippen molar-refractivity contribution in [2.24, 2.45) is 22.7 Å². The molecular weight excluding hydrogens is 432 g/mol. The molecule has 0 aromatic rings. The predicted molar refractivity (Wildman–Crippen MR) is 113 cm³/mol. The normalized spacial score (nSPS) is 56.0. The zero-order chi connectivity index (χ0) is 24.4. The van der Waals surface area contributed by atoms with E-state index < -0.39 is 81.9 Å². The van der Waals surface area contributed by atoms with Gasteiger partial charge in [0, 0.05) is 42.9 Å². The standard InChI is InChI=1S/C24H36O9/c1-11(25)31-18-19(32-12(2)26)24-20(3,4)15(13(27)9-22(24,6)33-24)16(29)17-21(18,5)8-7-14(28)23(17)10-30-23/h13-19,27-29H,7-10H2,1-6H3/t13-,14-,15-,16+,17-,18-,19-,21+,22-,23-,24-/m0/s1. The maximum absolute atomic E-state index is 12.4. The molecule has 0 unspecified atom stereocenters. The molecule has 186 valence electrons. The smallest absolute Gasteiger partial charge is 0.303 e. The molecule has 3 N–H and O–H groups in total. The Kier molecular flexibility index (Phi) is 4.76. The maximum Gasteiger partial charge on any atom is 0.303 e. The Labute approximate surface area is 193 Å². The van der Waals surface area contributed by atoms with Crippen LogP contribution in [0.3, 0.4) is 0 Å². The second kappa shape index (κ2) is 6.69. The van der Waals surface area contributed by atoms with Gasteiger partial charge in [0.15, 0.2) is 6.10 Å². The van der Waals surface area contributed by atoms with Crippen LogP contribution in [0.5, 0.6) is 0 Å². The van der Waals surface area contributed by atoms with Gasteiger partial charge in [-0.2, -0.15) is 0 Å². The SMILES string of the molecule is CC(=O)O[C@H]1[C@H](OC(C)=O)[C@@]23O[C@@]2(C)C[C@H](O)[C@@H]([C@@H](O)[C@H]2[C@@]1(C)CC[C@H](O)[C@@]21CO1)C3(C)C. The molecule has 5 rings (SSSR count). The van der Waals surface area contributed by atoms with Crippen LogP contribution < -0.4 is 0 Å². The Morgan fingerprint density at radius 3 is 2.09 bits per heavy atom. The third kappa shape index (κ3) is 2.71. The van der Waals surface area contributed by atoms with Crippen LogP contribution >= 0.6 is 0 Å². The molecule has 11 atom stereocenters. The van der Waals surface area contributed by atoms with Crippen LogP contribution in [-0.2, 0) is 28.5 Å². The summed E-state index contributed by atoms with van der Waals surface area (Å²) >= 11 is 0. The molecule has 9 nitrogen and oxygen atoms in total. The molecule has 0 radical (unpaired) electrons. The van der Waals surface area contributed by atoms with Gasteiger partial charge in [-0.3, -0.25) is 9.59 Å². The first-order chi connectivity index (χ1) is 15.2. The predicted octanol–water partition coefficient (Wildman–Crippen LogP) is 0.705. The van der Waals surface area contributed by atoms with Crippen molar-refractivity contribution in [3.63, 3.8) is 0 Å². The number of esters is 2. The van der Waals surface area contributed by atoms with Crippen LogP contribution in [0, 0.1) is 22.7 Å². The van der Waals surface area contributed by atoms with E-state index in [9.17, 15) is 24.9 Å². The number of carbonyl (C=O) groups is 2. The molecule has 2 spiro atoms. The van der Waals surface area contributed by atoms with Crippen molar-refractivity contribution in [3.05, 3.63) is 0 Å². The van der Waals surface area contributed by atoms with E-state index >= 15 is 0 Å². The summed E-state index contributed by atoms with van der Waals surface area (Å²) in [7, 11) is 0. The minimum absolute atomic E-state index is 0.239. The summed E-state index contributed by atoms with van der Waals surface area (Å²) in [5.74, 6) is -2.36. The van der Waals surface area contributed by atoms with Crippen molar-refractivity contribution in [3.8, 4) is 0 Å². The molecule has 2 heterocycles. The van der Waals surface area contributed by atoms with Crippen molar-refractivity contribution >= 4 is 11.9 Å². The van der Waals surface area contributed by atoms with Gasteiger partial charge in [0.1, 0.15) is 22.9 Å². The van der Waals surface area contributed by atoms with Crippen LogP contribution in [0.25, 0.3) is 0 Å².